The van der Waals surface area contributed by atoms with Gasteiger partial charge in [0.1, 0.15) is 0 Å². The second-order valence-electron chi connectivity index (χ2n) is 4.19. The van der Waals surface area contributed by atoms with Gasteiger partial charge < -0.3 is 16.9 Å². The molecule has 0 aliphatic rings. The minimum absolute atomic E-state index is 0. The van der Waals surface area contributed by atoms with E-state index in [9.17, 15) is 0 Å². The molecule has 0 aromatic rings. The van der Waals surface area contributed by atoms with Crippen molar-refractivity contribution in [3.63, 3.8) is 0 Å². The van der Waals surface area contributed by atoms with Gasteiger partial charge in [0.25, 0.3) is 0 Å². The zero-order chi connectivity index (χ0) is 10.2. The summed E-state index contributed by atoms with van der Waals surface area (Å²) >= 11 is 3.55. The highest BCUT2D eigenvalue weighted by molar-refractivity contribution is 9.09. The zero-order valence-corrected chi connectivity index (χ0v) is 12.2. The second-order valence-corrected chi connectivity index (χ2v) is 4.98. The van der Waals surface area contributed by atoms with Gasteiger partial charge in [-0.25, -0.2) is 0 Å². The van der Waals surface area contributed by atoms with E-state index in [0.29, 0.717) is 0 Å². The van der Waals surface area contributed by atoms with Crippen LogP contribution in [0.3, 0.4) is 0 Å². The summed E-state index contributed by atoms with van der Waals surface area (Å²) in [6, 6.07) is 0. The fourth-order valence-corrected chi connectivity index (χ4v) is 2.48. The van der Waals surface area contributed by atoms with Gasteiger partial charge in [-0.2, -0.15) is 0 Å². The first-order valence-corrected chi connectivity index (χ1v) is 6.70. The van der Waals surface area contributed by atoms with Crippen LogP contribution in [0, 0.1) is 0 Å². The molecule has 0 saturated heterocycles. The van der Waals surface area contributed by atoms with Crippen molar-refractivity contribution in [2.45, 2.75) is 39.5 Å². The molecule has 0 rings (SSSR count). The summed E-state index contributed by atoms with van der Waals surface area (Å²) in [6.45, 7) is 8.53. The molecule has 0 amide bonds. The Hall–Kier alpha value is 0.730. The lowest BCUT2D eigenvalue weighted by Gasteiger charge is -2.34. The third-order valence-corrected chi connectivity index (χ3v) is 3.08. The predicted molar refractivity (Wildman–Crippen MR) is 64.4 cm³/mol. The van der Waals surface area contributed by atoms with Crippen LogP contribution in [0.1, 0.15) is 39.5 Å². The molecule has 0 N–H and O–H groups in total. The van der Waals surface area contributed by atoms with Crippen molar-refractivity contribution < 1.29 is 16.9 Å². The van der Waals surface area contributed by atoms with E-state index in [2.05, 4.69) is 36.8 Å². The van der Waals surface area contributed by atoms with Gasteiger partial charge in [-0.3, -0.25) is 0 Å². The van der Waals surface area contributed by atoms with Crippen LogP contribution in [-0.2, 0) is 0 Å². The van der Waals surface area contributed by atoms with Crippen molar-refractivity contribution in [1.29, 1.82) is 0 Å². The standard InChI is InChI=1S/C11H25BrN.ClH/c1-4-6-9-13(3,11-8-12)10-7-5-2;/h4-11H2,1-3H3;1H/q+1;/p-1. The molecule has 0 bridgehead atoms. The van der Waals surface area contributed by atoms with E-state index in [0.717, 1.165) is 5.33 Å². The molecular weight excluding hydrogens is 261 g/mol. The van der Waals surface area contributed by atoms with Gasteiger partial charge in [-0.05, 0) is 12.8 Å². The highest BCUT2D eigenvalue weighted by Crippen LogP contribution is 2.09. The molecule has 0 aliphatic carbocycles. The Kier molecular flexibility index (Phi) is 12.6. The predicted octanol–water partition coefficient (Wildman–Crippen LogP) is 0.432. The van der Waals surface area contributed by atoms with E-state index in [-0.39, 0.29) is 12.4 Å². The van der Waals surface area contributed by atoms with Crippen LogP contribution in [-0.4, -0.2) is 36.5 Å². The smallest absolute Gasteiger partial charge is 0.0883 e. The normalized spacial score (nSPS) is 11.1. The maximum atomic E-state index is 3.55. The number of nitrogens with zero attached hydrogens (tertiary/aromatic N) is 1. The third kappa shape index (κ3) is 8.07. The minimum Gasteiger partial charge on any atom is -1.00 e. The van der Waals surface area contributed by atoms with Gasteiger partial charge in [0.05, 0.1) is 32.0 Å². The lowest BCUT2D eigenvalue weighted by molar-refractivity contribution is -0.907. The van der Waals surface area contributed by atoms with Crippen molar-refractivity contribution in [3.8, 4) is 0 Å². The number of hydrogen-bond donors (Lipinski definition) is 0. The number of hydrogen-bond acceptors (Lipinski definition) is 0. The lowest BCUT2D eigenvalue weighted by Crippen LogP contribution is -3.00. The summed E-state index contributed by atoms with van der Waals surface area (Å²) in [5, 5.41) is 1.14. The maximum absolute atomic E-state index is 3.55. The monoisotopic (exact) mass is 285 g/mol. The molecule has 0 unspecified atom stereocenters. The molecule has 0 radical (unpaired) electrons. The van der Waals surface area contributed by atoms with Gasteiger partial charge in [-0.15, -0.1) is 0 Å². The summed E-state index contributed by atoms with van der Waals surface area (Å²) in [5.74, 6) is 0. The Morgan fingerprint density at radius 3 is 1.64 bits per heavy atom. The topological polar surface area (TPSA) is 0 Å². The molecule has 0 aliphatic heterocycles. The molecule has 0 saturated carbocycles. The summed E-state index contributed by atoms with van der Waals surface area (Å²) in [7, 11) is 2.40. The van der Waals surface area contributed by atoms with E-state index in [1.807, 2.05) is 0 Å². The first-order valence-electron chi connectivity index (χ1n) is 5.58. The van der Waals surface area contributed by atoms with Crippen LogP contribution >= 0.6 is 15.9 Å². The largest absolute Gasteiger partial charge is 1.00 e. The highest BCUT2D eigenvalue weighted by atomic mass is 79.9. The van der Waals surface area contributed by atoms with Crippen LogP contribution in [0.25, 0.3) is 0 Å². The van der Waals surface area contributed by atoms with Crippen LogP contribution in [0.4, 0.5) is 0 Å². The van der Waals surface area contributed by atoms with E-state index < -0.39 is 0 Å². The molecule has 1 nitrogen and oxygen atoms in total. The molecule has 3 heteroatoms. The van der Waals surface area contributed by atoms with E-state index in [4.69, 9.17) is 0 Å². The number of halogens is 2. The van der Waals surface area contributed by atoms with Gasteiger partial charge in [0.2, 0.25) is 0 Å². The number of unbranched alkanes of at least 4 members (excludes halogenated alkanes) is 2. The first kappa shape index (κ1) is 17.1. The van der Waals surface area contributed by atoms with Gasteiger partial charge in [0, 0.05) is 0 Å². The molecule has 0 heterocycles. The van der Waals surface area contributed by atoms with Crippen molar-refractivity contribution in [2.75, 3.05) is 32.0 Å². The number of alkyl halides is 1. The van der Waals surface area contributed by atoms with Crippen molar-refractivity contribution in [1.82, 2.24) is 0 Å². The molecule has 88 valence electrons. The summed E-state index contributed by atoms with van der Waals surface area (Å²) in [6.07, 6.45) is 5.38. The number of quaternary nitrogens is 1. The van der Waals surface area contributed by atoms with Crippen LogP contribution in [0.15, 0.2) is 0 Å². The molecule has 0 aromatic carbocycles. The molecule has 0 atom stereocenters. The highest BCUT2D eigenvalue weighted by Gasteiger charge is 2.18. The zero-order valence-electron chi connectivity index (χ0n) is 9.86. The van der Waals surface area contributed by atoms with Gasteiger partial charge in [0.15, 0.2) is 0 Å². The number of rotatable bonds is 8. The Balaban J connectivity index is 0. The second kappa shape index (κ2) is 10.3. The van der Waals surface area contributed by atoms with E-state index in [1.54, 1.807) is 0 Å². The fourth-order valence-electron chi connectivity index (χ4n) is 1.62. The van der Waals surface area contributed by atoms with Crippen LogP contribution in [0.2, 0.25) is 0 Å². The molecule has 0 fully saturated rings. The Bertz CT molecular complexity index is 112. The maximum Gasteiger partial charge on any atom is 0.0883 e. The molecular formula is C11H25BrClN. The Morgan fingerprint density at radius 2 is 1.36 bits per heavy atom. The first-order chi connectivity index (χ1) is 6.18. The van der Waals surface area contributed by atoms with Crippen LogP contribution in [0.5, 0.6) is 0 Å². The van der Waals surface area contributed by atoms with Gasteiger partial charge in [-0.1, -0.05) is 42.6 Å². The van der Waals surface area contributed by atoms with E-state index >= 15 is 0 Å². The summed E-state index contributed by atoms with van der Waals surface area (Å²) < 4.78 is 1.26. The van der Waals surface area contributed by atoms with Crippen LogP contribution < -0.4 is 12.4 Å². The average molecular weight is 287 g/mol. The molecule has 14 heavy (non-hydrogen) atoms. The van der Waals surface area contributed by atoms with Crippen molar-refractivity contribution >= 4 is 15.9 Å². The minimum atomic E-state index is 0. The average Bonchev–Trinajstić information content (AvgIpc) is 2.12. The Labute approximate surface area is 104 Å². The summed E-state index contributed by atoms with van der Waals surface area (Å²) in [5.41, 5.74) is 0. The molecule has 0 spiro atoms. The van der Waals surface area contributed by atoms with E-state index in [1.165, 1.54) is 49.8 Å². The van der Waals surface area contributed by atoms with Crippen molar-refractivity contribution in [3.05, 3.63) is 0 Å². The molecule has 0 aromatic heterocycles. The SMILES string of the molecule is CCCC[N+](C)(CCBr)CCCC.[Cl-]. The summed E-state index contributed by atoms with van der Waals surface area (Å²) in [4.78, 5) is 0. The lowest BCUT2D eigenvalue weighted by atomic mass is 10.2. The fraction of sp³-hybridized carbons (Fsp3) is 1.00. The third-order valence-electron chi connectivity index (χ3n) is 2.73. The van der Waals surface area contributed by atoms with Gasteiger partial charge >= 0.3 is 0 Å². The Morgan fingerprint density at radius 1 is 0.929 bits per heavy atom. The quantitative estimate of drug-likeness (QED) is 0.448. The van der Waals surface area contributed by atoms with Crippen molar-refractivity contribution in [2.24, 2.45) is 0 Å².